The summed E-state index contributed by atoms with van der Waals surface area (Å²) in [5, 5.41) is 1.95. The molecule has 3 heterocycles. The second-order valence-electron chi connectivity index (χ2n) is 6.67. The third kappa shape index (κ3) is 3.76. The molecule has 1 saturated carbocycles. The van der Waals surface area contributed by atoms with Crippen molar-refractivity contribution in [2.24, 2.45) is 5.92 Å². The Kier molecular flexibility index (Phi) is 5.10. The van der Waals surface area contributed by atoms with Crippen LogP contribution in [0.25, 0.3) is 0 Å². The summed E-state index contributed by atoms with van der Waals surface area (Å²) in [6.45, 7) is 2.59. The number of thiophene rings is 1. The number of rotatable bonds is 5. The number of fused-ring (bicyclic) bond motifs is 1. The van der Waals surface area contributed by atoms with Gasteiger partial charge in [-0.2, -0.15) is 0 Å². The third-order valence-electron chi connectivity index (χ3n) is 4.97. The zero-order chi connectivity index (χ0) is 17.1. The van der Waals surface area contributed by atoms with E-state index < -0.39 is 0 Å². The molecule has 2 fully saturated rings. The quantitative estimate of drug-likeness (QED) is 0.825. The Labute approximate surface area is 151 Å². The zero-order valence-corrected chi connectivity index (χ0v) is 14.9. The van der Waals surface area contributed by atoms with Crippen molar-refractivity contribution in [1.29, 1.82) is 0 Å². The Morgan fingerprint density at radius 1 is 1.36 bits per heavy atom. The molecular weight excluding hydrogens is 336 g/mol. The average molecular weight is 358 g/mol. The molecule has 0 aromatic carbocycles. The molecule has 1 saturated heterocycles. The van der Waals surface area contributed by atoms with Crippen LogP contribution in [-0.2, 0) is 16.1 Å². The molecule has 25 heavy (non-hydrogen) atoms. The molecule has 0 spiro atoms. The summed E-state index contributed by atoms with van der Waals surface area (Å²) in [4.78, 5) is 19.7. The number of nitrogens with zero attached hydrogens (tertiary/aromatic N) is 2. The van der Waals surface area contributed by atoms with Gasteiger partial charge in [-0.3, -0.25) is 9.78 Å². The van der Waals surface area contributed by atoms with Gasteiger partial charge < -0.3 is 14.4 Å². The summed E-state index contributed by atoms with van der Waals surface area (Å²) in [5.74, 6) is 0.577. The van der Waals surface area contributed by atoms with E-state index in [-0.39, 0.29) is 18.1 Å². The lowest BCUT2D eigenvalue weighted by molar-refractivity contribution is -0.0448. The van der Waals surface area contributed by atoms with Crippen molar-refractivity contribution in [3.63, 3.8) is 0 Å². The minimum absolute atomic E-state index is 0.143. The standard InChI is InChI=1S/C19H22N2O3S/c22-19(18-4-2-8-25-18)21-6-7-24-17-10-15(9-16(17)21)13-23-12-14-3-1-5-20-11-14/h1-5,8,11,15-17H,6-7,9-10,12-13H2. The van der Waals surface area contributed by atoms with E-state index in [9.17, 15) is 4.79 Å². The molecule has 3 atom stereocenters. The smallest absolute Gasteiger partial charge is 0.264 e. The fourth-order valence-electron chi connectivity index (χ4n) is 3.81. The largest absolute Gasteiger partial charge is 0.376 e. The first kappa shape index (κ1) is 16.7. The van der Waals surface area contributed by atoms with Crippen LogP contribution in [0, 0.1) is 5.92 Å². The highest BCUT2D eigenvalue weighted by molar-refractivity contribution is 7.12. The van der Waals surface area contributed by atoms with E-state index >= 15 is 0 Å². The van der Waals surface area contributed by atoms with Crippen LogP contribution < -0.4 is 0 Å². The summed E-state index contributed by atoms with van der Waals surface area (Å²) >= 11 is 1.51. The lowest BCUT2D eigenvalue weighted by Gasteiger charge is -2.37. The van der Waals surface area contributed by atoms with E-state index in [0.717, 1.165) is 23.3 Å². The van der Waals surface area contributed by atoms with Gasteiger partial charge in [0.25, 0.3) is 5.91 Å². The van der Waals surface area contributed by atoms with Crippen molar-refractivity contribution in [3.8, 4) is 0 Å². The summed E-state index contributed by atoms with van der Waals surface area (Å²) in [7, 11) is 0. The fourth-order valence-corrected chi connectivity index (χ4v) is 4.49. The molecular formula is C19H22N2O3S. The molecule has 1 aliphatic carbocycles. The van der Waals surface area contributed by atoms with E-state index in [1.807, 2.05) is 40.7 Å². The summed E-state index contributed by atoms with van der Waals surface area (Å²) in [6.07, 6.45) is 5.66. The van der Waals surface area contributed by atoms with Crippen LogP contribution in [0.3, 0.4) is 0 Å². The van der Waals surface area contributed by atoms with Gasteiger partial charge in [0, 0.05) is 18.9 Å². The van der Waals surface area contributed by atoms with Crippen molar-refractivity contribution < 1.29 is 14.3 Å². The molecule has 4 rings (SSSR count). The summed E-state index contributed by atoms with van der Waals surface area (Å²) in [6, 6.07) is 7.95. The maximum absolute atomic E-state index is 12.8. The van der Waals surface area contributed by atoms with Crippen LogP contribution in [0.5, 0.6) is 0 Å². The molecule has 132 valence electrons. The van der Waals surface area contributed by atoms with E-state index in [1.165, 1.54) is 11.3 Å². The Hall–Kier alpha value is -1.76. The van der Waals surface area contributed by atoms with Gasteiger partial charge in [-0.1, -0.05) is 12.1 Å². The summed E-state index contributed by atoms with van der Waals surface area (Å²) < 4.78 is 11.8. The number of morpholine rings is 1. The predicted octanol–water partition coefficient (Wildman–Crippen LogP) is 2.98. The number of hydrogen-bond acceptors (Lipinski definition) is 5. The van der Waals surface area contributed by atoms with Crippen molar-refractivity contribution in [2.45, 2.75) is 31.6 Å². The maximum Gasteiger partial charge on any atom is 0.264 e. The van der Waals surface area contributed by atoms with E-state index in [4.69, 9.17) is 9.47 Å². The maximum atomic E-state index is 12.8. The highest BCUT2D eigenvalue weighted by atomic mass is 32.1. The Morgan fingerprint density at radius 3 is 3.12 bits per heavy atom. The number of pyridine rings is 1. The van der Waals surface area contributed by atoms with Crippen molar-refractivity contribution >= 4 is 17.2 Å². The number of ether oxygens (including phenoxy) is 2. The van der Waals surface area contributed by atoms with Crippen molar-refractivity contribution in [1.82, 2.24) is 9.88 Å². The minimum Gasteiger partial charge on any atom is -0.376 e. The molecule has 0 N–H and O–H groups in total. The monoisotopic (exact) mass is 358 g/mol. The Balaban J connectivity index is 1.33. The van der Waals surface area contributed by atoms with Crippen LogP contribution in [-0.4, -0.2) is 47.7 Å². The zero-order valence-electron chi connectivity index (χ0n) is 14.0. The van der Waals surface area contributed by atoms with E-state index in [1.54, 1.807) is 6.20 Å². The highest BCUT2D eigenvalue weighted by Crippen LogP contribution is 2.35. The number of hydrogen-bond donors (Lipinski definition) is 0. The molecule has 1 amide bonds. The molecule has 2 aromatic rings. The Bertz CT molecular complexity index is 692. The summed E-state index contributed by atoms with van der Waals surface area (Å²) in [5.41, 5.74) is 1.09. The lowest BCUT2D eigenvalue weighted by Crippen LogP contribution is -2.51. The van der Waals surface area contributed by atoms with Gasteiger partial charge in [-0.15, -0.1) is 11.3 Å². The molecule has 0 radical (unpaired) electrons. The molecule has 6 heteroatoms. The fraction of sp³-hybridized carbons (Fsp3) is 0.474. The van der Waals surface area contributed by atoms with Crippen LogP contribution in [0.1, 0.15) is 28.1 Å². The first-order valence-electron chi connectivity index (χ1n) is 8.74. The van der Waals surface area contributed by atoms with E-state index in [2.05, 4.69) is 4.98 Å². The van der Waals surface area contributed by atoms with Gasteiger partial charge in [0.05, 0.1) is 36.8 Å². The van der Waals surface area contributed by atoms with E-state index in [0.29, 0.717) is 32.3 Å². The highest BCUT2D eigenvalue weighted by Gasteiger charge is 2.43. The average Bonchev–Trinajstić information content (AvgIpc) is 3.31. The molecule has 2 aromatic heterocycles. The number of carbonyl (C=O) groups is 1. The number of amides is 1. The van der Waals surface area contributed by atoms with Crippen LogP contribution in [0.2, 0.25) is 0 Å². The Morgan fingerprint density at radius 2 is 2.32 bits per heavy atom. The molecule has 1 aliphatic heterocycles. The van der Waals surface area contributed by atoms with Gasteiger partial charge in [-0.25, -0.2) is 0 Å². The van der Waals surface area contributed by atoms with Gasteiger partial charge in [0.15, 0.2) is 0 Å². The number of aromatic nitrogens is 1. The van der Waals surface area contributed by atoms with Gasteiger partial charge in [-0.05, 0) is 41.8 Å². The second kappa shape index (κ2) is 7.64. The van der Waals surface area contributed by atoms with Crippen molar-refractivity contribution in [3.05, 3.63) is 52.5 Å². The third-order valence-corrected chi connectivity index (χ3v) is 5.83. The SMILES string of the molecule is O=C(c1cccs1)N1CCOC2CC(COCc3cccnc3)CC21. The molecule has 3 unspecified atom stereocenters. The second-order valence-corrected chi connectivity index (χ2v) is 7.61. The van der Waals surface area contributed by atoms with Crippen molar-refractivity contribution in [2.75, 3.05) is 19.8 Å². The van der Waals surface area contributed by atoms with Gasteiger partial charge in [0.2, 0.25) is 0 Å². The number of carbonyl (C=O) groups excluding carboxylic acids is 1. The van der Waals surface area contributed by atoms with Crippen LogP contribution in [0.4, 0.5) is 0 Å². The predicted molar refractivity (Wildman–Crippen MR) is 95.5 cm³/mol. The first-order valence-corrected chi connectivity index (χ1v) is 9.62. The van der Waals surface area contributed by atoms with Gasteiger partial charge >= 0.3 is 0 Å². The lowest BCUT2D eigenvalue weighted by atomic mass is 10.1. The molecule has 0 bridgehead atoms. The minimum atomic E-state index is 0.143. The van der Waals surface area contributed by atoms with Gasteiger partial charge in [0.1, 0.15) is 0 Å². The molecule has 2 aliphatic rings. The van der Waals surface area contributed by atoms with Crippen LogP contribution >= 0.6 is 11.3 Å². The topological polar surface area (TPSA) is 51.7 Å². The first-order chi connectivity index (χ1) is 12.3. The van der Waals surface area contributed by atoms with Crippen LogP contribution in [0.15, 0.2) is 42.0 Å². The normalized spacial score (nSPS) is 25.8. The molecule has 5 nitrogen and oxygen atoms in total.